The zero-order valence-corrected chi connectivity index (χ0v) is 23.6. The van der Waals surface area contributed by atoms with Gasteiger partial charge in [-0.3, -0.25) is 9.69 Å². The second kappa shape index (κ2) is 9.93. The summed E-state index contributed by atoms with van der Waals surface area (Å²) in [6, 6.07) is 17.2. The maximum Gasteiger partial charge on any atom is 0.336 e. The van der Waals surface area contributed by atoms with E-state index >= 15 is 0 Å². The van der Waals surface area contributed by atoms with E-state index in [0.29, 0.717) is 44.5 Å². The van der Waals surface area contributed by atoms with Gasteiger partial charge in [-0.2, -0.15) is 0 Å². The van der Waals surface area contributed by atoms with Gasteiger partial charge in [0.15, 0.2) is 5.72 Å². The van der Waals surface area contributed by atoms with Gasteiger partial charge in [0.2, 0.25) is 0 Å². The Morgan fingerprint density at radius 3 is 2.28 bits per heavy atom. The van der Waals surface area contributed by atoms with Gasteiger partial charge in [0, 0.05) is 26.7 Å². The number of hydrogen-bond donors (Lipinski definition) is 2. The predicted octanol–water partition coefficient (Wildman–Crippen LogP) is 6.98. The number of carbonyl (C=O) groups excluding carboxylic acids is 1. The Labute approximate surface area is 238 Å². The number of rotatable bonds is 9. The van der Waals surface area contributed by atoms with Crippen LogP contribution >= 0.6 is 23.2 Å². The van der Waals surface area contributed by atoms with Crippen molar-refractivity contribution < 1.29 is 24.5 Å². The summed E-state index contributed by atoms with van der Waals surface area (Å²) in [5.74, 6) is -1.46. The van der Waals surface area contributed by atoms with Crippen LogP contribution in [0.25, 0.3) is 0 Å². The van der Waals surface area contributed by atoms with Gasteiger partial charge in [-0.25, -0.2) is 4.79 Å². The minimum atomic E-state index is -1.34. The summed E-state index contributed by atoms with van der Waals surface area (Å²) in [5.41, 5.74) is 0.303. The third-order valence-corrected chi connectivity index (χ3v) is 8.59. The molecular formula is C31H31Cl2NO5. The molecule has 2 N–H and O–H groups in total. The smallest absolute Gasteiger partial charge is 0.336 e. The van der Waals surface area contributed by atoms with Gasteiger partial charge in [0.05, 0.1) is 24.3 Å². The monoisotopic (exact) mass is 567 g/mol. The second-order valence-electron chi connectivity index (χ2n) is 11.1. The van der Waals surface area contributed by atoms with E-state index in [4.69, 9.17) is 27.9 Å². The van der Waals surface area contributed by atoms with Crippen LogP contribution in [0.3, 0.4) is 0 Å². The largest absolute Gasteiger partial charge is 0.478 e. The number of carboxylic acid groups (broad SMARTS) is 1. The molecule has 2 aliphatic rings. The highest BCUT2D eigenvalue weighted by molar-refractivity contribution is 6.31. The van der Waals surface area contributed by atoms with E-state index < -0.39 is 17.3 Å². The van der Waals surface area contributed by atoms with Gasteiger partial charge in [0.25, 0.3) is 5.91 Å². The Hall–Kier alpha value is -2.90. The summed E-state index contributed by atoms with van der Waals surface area (Å²) in [7, 11) is 0. The normalized spacial score (nSPS) is 19.7. The van der Waals surface area contributed by atoms with E-state index in [1.54, 1.807) is 55.1 Å². The Morgan fingerprint density at radius 2 is 1.69 bits per heavy atom. The molecule has 1 aliphatic carbocycles. The van der Waals surface area contributed by atoms with Crippen molar-refractivity contribution in [3.63, 3.8) is 0 Å². The molecule has 39 heavy (non-hydrogen) atoms. The minimum Gasteiger partial charge on any atom is -0.478 e. The fraction of sp³-hybridized carbons (Fsp3) is 0.355. The molecule has 1 fully saturated rings. The molecule has 1 saturated carbocycles. The van der Waals surface area contributed by atoms with Crippen molar-refractivity contribution in [1.29, 1.82) is 0 Å². The topological polar surface area (TPSA) is 87.1 Å². The van der Waals surface area contributed by atoms with Gasteiger partial charge in [-0.15, -0.1) is 0 Å². The highest BCUT2D eigenvalue weighted by atomic mass is 35.5. The maximum atomic E-state index is 14.3. The summed E-state index contributed by atoms with van der Waals surface area (Å²) in [4.78, 5) is 28.0. The third kappa shape index (κ3) is 4.95. The van der Waals surface area contributed by atoms with Crippen LogP contribution in [0.15, 0.2) is 60.7 Å². The number of halogens is 2. The molecule has 3 aromatic carbocycles. The van der Waals surface area contributed by atoms with E-state index in [1.807, 2.05) is 18.2 Å². The number of benzene rings is 3. The second-order valence-corrected chi connectivity index (χ2v) is 12.0. The first-order chi connectivity index (χ1) is 18.4. The van der Waals surface area contributed by atoms with Gasteiger partial charge in [0.1, 0.15) is 0 Å². The summed E-state index contributed by atoms with van der Waals surface area (Å²) < 4.78 is 6.89. The molecular weight excluding hydrogens is 537 g/mol. The summed E-state index contributed by atoms with van der Waals surface area (Å²) in [5, 5.41) is 21.5. The summed E-state index contributed by atoms with van der Waals surface area (Å²) in [6.07, 6.45) is 3.03. The van der Waals surface area contributed by atoms with E-state index in [1.165, 1.54) is 6.07 Å². The molecule has 0 spiro atoms. The van der Waals surface area contributed by atoms with Crippen molar-refractivity contribution in [2.45, 2.75) is 57.9 Å². The Bertz CT molecular complexity index is 1440. The fourth-order valence-electron chi connectivity index (χ4n) is 5.33. The van der Waals surface area contributed by atoms with Crippen molar-refractivity contribution in [1.82, 2.24) is 4.90 Å². The molecule has 1 aliphatic heterocycles. The maximum absolute atomic E-state index is 14.3. The Morgan fingerprint density at radius 1 is 1.03 bits per heavy atom. The first-order valence-electron chi connectivity index (χ1n) is 13.0. The Kier molecular flexibility index (Phi) is 7.04. The summed E-state index contributed by atoms with van der Waals surface area (Å²) >= 11 is 12.4. The first-order valence-corrected chi connectivity index (χ1v) is 13.8. The molecule has 0 aromatic heterocycles. The van der Waals surface area contributed by atoms with Crippen LogP contribution in [-0.2, 0) is 22.6 Å². The van der Waals surface area contributed by atoms with Crippen molar-refractivity contribution in [2.75, 3.05) is 6.61 Å². The van der Waals surface area contributed by atoms with E-state index in [2.05, 4.69) is 6.92 Å². The number of carbonyl (C=O) groups is 2. The zero-order valence-electron chi connectivity index (χ0n) is 22.1. The van der Waals surface area contributed by atoms with Crippen LogP contribution in [0.1, 0.15) is 83.0 Å². The van der Waals surface area contributed by atoms with E-state index in [9.17, 15) is 19.8 Å². The Balaban J connectivity index is 1.73. The average molecular weight is 568 g/mol. The molecule has 1 atom stereocenters. The third-order valence-electron chi connectivity index (χ3n) is 8.11. The lowest BCUT2D eigenvalue weighted by Gasteiger charge is -2.41. The van der Waals surface area contributed by atoms with Crippen molar-refractivity contribution in [3.05, 3.63) is 104 Å². The van der Waals surface area contributed by atoms with Crippen LogP contribution in [0.2, 0.25) is 10.0 Å². The quantitative estimate of drug-likeness (QED) is 0.291. The van der Waals surface area contributed by atoms with Crippen LogP contribution < -0.4 is 0 Å². The molecule has 1 amide bonds. The number of carboxylic acids is 1. The molecule has 6 nitrogen and oxygen atoms in total. The van der Waals surface area contributed by atoms with Crippen LogP contribution in [-0.4, -0.2) is 33.6 Å². The fourth-order valence-corrected chi connectivity index (χ4v) is 5.63. The number of aliphatic hydroxyl groups is 1. The lowest BCUT2D eigenvalue weighted by molar-refractivity contribution is -0.125. The molecule has 0 radical (unpaired) electrons. The minimum absolute atomic E-state index is 0.0145. The van der Waals surface area contributed by atoms with Crippen LogP contribution in [0.4, 0.5) is 0 Å². The number of amides is 1. The molecule has 8 heteroatoms. The van der Waals surface area contributed by atoms with Crippen LogP contribution in [0, 0.1) is 5.41 Å². The summed E-state index contributed by atoms with van der Waals surface area (Å²) in [6.45, 7) is 5.86. The molecule has 3 aromatic rings. The van der Waals surface area contributed by atoms with Gasteiger partial charge >= 0.3 is 5.97 Å². The van der Waals surface area contributed by atoms with E-state index in [0.717, 1.165) is 19.3 Å². The molecule has 0 saturated heterocycles. The molecule has 1 unspecified atom stereocenters. The molecule has 0 bridgehead atoms. The SMILES string of the molecule is CCC1(COC2(c3ccc(Cl)cc3)c3ccc(C(C)(C)O)cc3C(=O)N2Cc2ccc(Cl)cc2C(=O)O)CC1. The van der Waals surface area contributed by atoms with Crippen LogP contribution in [0.5, 0.6) is 0 Å². The first kappa shape index (κ1) is 27.7. The number of aromatic carboxylic acids is 1. The number of ether oxygens (including phenoxy) is 1. The van der Waals surface area contributed by atoms with Crippen molar-refractivity contribution in [3.8, 4) is 0 Å². The van der Waals surface area contributed by atoms with E-state index in [-0.39, 0.29) is 23.4 Å². The predicted molar refractivity (Wildman–Crippen MR) is 150 cm³/mol. The van der Waals surface area contributed by atoms with Gasteiger partial charge in [-0.05, 0) is 80.0 Å². The number of fused-ring (bicyclic) bond motifs is 1. The molecule has 1 heterocycles. The number of nitrogens with zero attached hydrogens (tertiary/aromatic N) is 1. The molecule has 204 valence electrons. The number of hydrogen-bond acceptors (Lipinski definition) is 4. The van der Waals surface area contributed by atoms with Gasteiger partial charge < -0.3 is 14.9 Å². The zero-order chi connectivity index (χ0) is 28.2. The van der Waals surface area contributed by atoms with Crippen molar-refractivity contribution >= 4 is 35.1 Å². The highest BCUT2D eigenvalue weighted by Crippen LogP contribution is 2.53. The molecule has 5 rings (SSSR count). The standard InChI is InChI=1S/C31H31Cl2NO5/c1-4-30(13-14-30)18-39-31(20-6-10-22(32)11-7-20)26-12-8-21(29(2,3)38)15-25(26)27(35)34(31)17-19-5-9-23(33)16-24(19)28(36)37/h5-12,15-16,38H,4,13-14,17-18H2,1-3H3,(H,36,37). The lowest BCUT2D eigenvalue weighted by atomic mass is 9.89. The van der Waals surface area contributed by atoms with Crippen molar-refractivity contribution in [2.24, 2.45) is 5.41 Å². The van der Waals surface area contributed by atoms with Gasteiger partial charge in [-0.1, -0.05) is 60.5 Å². The average Bonchev–Trinajstić information content (AvgIpc) is 3.64. The highest BCUT2D eigenvalue weighted by Gasteiger charge is 2.54. The lowest BCUT2D eigenvalue weighted by Crippen LogP contribution is -2.47.